The van der Waals surface area contributed by atoms with E-state index in [-0.39, 0.29) is 74.5 Å². The van der Waals surface area contributed by atoms with Gasteiger partial charge in [0.2, 0.25) is 23.6 Å². The predicted molar refractivity (Wildman–Crippen MR) is 215 cm³/mol. The molecule has 4 heterocycles. The fraction of sp³-hybridized carbons (Fsp3) is 0.548. The van der Waals surface area contributed by atoms with Crippen LogP contribution >= 0.6 is 0 Å². The van der Waals surface area contributed by atoms with E-state index < -0.39 is 66.1 Å². The lowest BCUT2D eigenvalue weighted by Gasteiger charge is -2.30. The molecule has 2 aliphatic heterocycles. The number of rotatable bonds is 15. The summed E-state index contributed by atoms with van der Waals surface area (Å²) in [4.78, 5) is 65.0. The van der Waals surface area contributed by atoms with Gasteiger partial charge in [0.05, 0.1) is 47.9 Å². The van der Waals surface area contributed by atoms with Crippen molar-refractivity contribution in [2.45, 2.75) is 114 Å². The summed E-state index contributed by atoms with van der Waals surface area (Å²) in [5.74, 6) is -2.31. The van der Waals surface area contributed by atoms with Crippen molar-refractivity contribution in [2.75, 3.05) is 27.2 Å². The molecule has 3 fully saturated rings. The smallest absolute Gasteiger partial charge is 0.245 e. The molecule has 0 bridgehead atoms. The van der Waals surface area contributed by atoms with Gasteiger partial charge in [-0.2, -0.15) is 0 Å². The fourth-order valence-electron chi connectivity index (χ4n) is 8.55. The van der Waals surface area contributed by atoms with Gasteiger partial charge in [-0.05, 0) is 95.4 Å². The molecule has 318 valence electrons. The fourth-order valence-corrected chi connectivity index (χ4v) is 8.55. The van der Waals surface area contributed by atoms with Gasteiger partial charge < -0.3 is 40.6 Å². The molecule has 2 aromatic heterocycles. The van der Waals surface area contributed by atoms with E-state index in [1.54, 1.807) is 51.6 Å². The number of imidazole rings is 1. The molecular formula is C42H53F4N9O4. The topological polar surface area (TPSA) is 156 Å². The van der Waals surface area contributed by atoms with Crippen LogP contribution in [-0.4, -0.2) is 124 Å². The molecule has 7 rings (SSSR count). The number of carbonyl (C=O) groups excluding carboxylic acids is 4. The SMILES string of the molecule is CC[C@H](NC(=O)[C@H](C)NC)C(=O)N1C[C@@H](F)C[C@H]1Cn1c(-c2[nH]c3cc(F)ccc3c2C[C@@H]2C[C@H](F)CN2C(=O)[C@@H](NC(=O)[C@H](C)NC)C2CC2)nc2cc(F)ccc21. The molecule has 0 radical (unpaired) electrons. The largest absolute Gasteiger partial charge is 0.352 e. The van der Waals surface area contributed by atoms with Gasteiger partial charge in [-0.25, -0.2) is 22.5 Å². The van der Waals surface area contributed by atoms with Gasteiger partial charge in [-0.1, -0.05) is 6.92 Å². The summed E-state index contributed by atoms with van der Waals surface area (Å²) in [6, 6.07) is 4.20. The van der Waals surface area contributed by atoms with E-state index >= 15 is 8.78 Å². The molecule has 1 aliphatic carbocycles. The van der Waals surface area contributed by atoms with Crippen LogP contribution < -0.4 is 21.3 Å². The molecule has 0 unspecified atom stereocenters. The molecular weight excluding hydrogens is 771 g/mol. The maximum Gasteiger partial charge on any atom is 0.245 e. The van der Waals surface area contributed by atoms with Crippen LogP contribution in [0.15, 0.2) is 36.4 Å². The van der Waals surface area contributed by atoms with E-state index in [0.717, 1.165) is 12.8 Å². The monoisotopic (exact) mass is 823 g/mol. The van der Waals surface area contributed by atoms with Crippen molar-refractivity contribution in [3.8, 4) is 11.5 Å². The second-order valence-corrected chi connectivity index (χ2v) is 16.3. The molecule has 59 heavy (non-hydrogen) atoms. The first kappa shape index (κ1) is 42.1. The highest BCUT2D eigenvalue weighted by atomic mass is 19.1. The third kappa shape index (κ3) is 8.67. The van der Waals surface area contributed by atoms with Gasteiger partial charge in [0.25, 0.3) is 0 Å². The number of likely N-dealkylation sites (N-methyl/N-ethyl adjacent to an activating group) is 2. The Hall–Kier alpha value is -5.03. The van der Waals surface area contributed by atoms with Crippen LogP contribution in [0.25, 0.3) is 33.5 Å². The van der Waals surface area contributed by atoms with Crippen LogP contribution in [0.1, 0.15) is 58.4 Å². The Balaban J connectivity index is 1.26. The van der Waals surface area contributed by atoms with Gasteiger partial charge in [-0.3, -0.25) is 19.2 Å². The first-order valence-electron chi connectivity index (χ1n) is 20.5. The van der Waals surface area contributed by atoms with Crippen LogP contribution in [0.4, 0.5) is 17.6 Å². The number of amides is 4. The molecule has 2 saturated heterocycles. The van der Waals surface area contributed by atoms with E-state index in [1.807, 2.05) is 0 Å². The zero-order valence-corrected chi connectivity index (χ0v) is 34.0. The van der Waals surface area contributed by atoms with Gasteiger partial charge >= 0.3 is 0 Å². The van der Waals surface area contributed by atoms with Crippen molar-refractivity contribution in [3.05, 3.63) is 53.6 Å². The van der Waals surface area contributed by atoms with Crippen LogP contribution in [0.2, 0.25) is 0 Å². The molecule has 17 heteroatoms. The average Bonchev–Trinajstić information content (AvgIpc) is 3.58. The standard InChI is InChI=1S/C42H53F4N9O4/c1-6-32(51-39(56)21(2)47-4)41(58)54-19-27(46)14-29(54)20-55-35-12-10-25(44)16-34(35)50-38(55)37-31(30-11-9-24(43)15-33(30)49-37)17-28-13-26(45)18-53(28)42(59)36(23-7-8-23)52-40(57)22(3)48-5/h9-12,15-16,21-23,26-29,32,36,47-49H,6-8,13-14,17-20H2,1-5H3,(H,51,56)(H,52,57)/t21-,22-,26-,27-,28-,29-,32-,36-/m0/s1. The minimum absolute atomic E-state index is 0.00303. The molecule has 4 amide bonds. The second-order valence-electron chi connectivity index (χ2n) is 16.3. The van der Waals surface area contributed by atoms with Gasteiger partial charge in [0, 0.05) is 42.4 Å². The summed E-state index contributed by atoms with van der Waals surface area (Å²) in [5, 5.41) is 12.0. The third-order valence-corrected chi connectivity index (χ3v) is 12.3. The second kappa shape index (κ2) is 17.3. The highest BCUT2D eigenvalue weighted by molar-refractivity contribution is 5.93. The number of aromatic amines is 1. The molecule has 2 aromatic carbocycles. The summed E-state index contributed by atoms with van der Waals surface area (Å²) in [6.45, 7) is 4.82. The summed E-state index contributed by atoms with van der Waals surface area (Å²) in [5.41, 5.74) is 2.22. The van der Waals surface area contributed by atoms with E-state index in [0.29, 0.717) is 33.5 Å². The number of alkyl halides is 2. The Labute approximate surface area is 340 Å². The average molecular weight is 824 g/mol. The molecule has 5 N–H and O–H groups in total. The maximum atomic E-state index is 15.5. The number of benzene rings is 2. The van der Waals surface area contributed by atoms with E-state index in [1.165, 1.54) is 34.1 Å². The number of carbonyl (C=O) groups is 4. The summed E-state index contributed by atoms with van der Waals surface area (Å²) >= 11 is 0. The molecule has 13 nitrogen and oxygen atoms in total. The van der Waals surface area contributed by atoms with Crippen LogP contribution in [0.5, 0.6) is 0 Å². The molecule has 1 saturated carbocycles. The minimum Gasteiger partial charge on any atom is -0.352 e. The maximum absolute atomic E-state index is 15.5. The van der Waals surface area contributed by atoms with E-state index in [9.17, 15) is 28.0 Å². The first-order chi connectivity index (χ1) is 28.2. The number of hydrogen-bond donors (Lipinski definition) is 5. The van der Waals surface area contributed by atoms with Crippen molar-refractivity contribution in [2.24, 2.45) is 5.92 Å². The Kier molecular flexibility index (Phi) is 12.3. The van der Waals surface area contributed by atoms with Gasteiger partial charge in [0.15, 0.2) is 5.82 Å². The number of halogens is 4. The van der Waals surface area contributed by atoms with Crippen LogP contribution in [-0.2, 0) is 32.1 Å². The zero-order valence-electron chi connectivity index (χ0n) is 34.0. The normalized spacial score (nSPS) is 22.8. The van der Waals surface area contributed by atoms with Crippen molar-refractivity contribution in [1.29, 1.82) is 0 Å². The Morgan fingerprint density at radius 2 is 1.46 bits per heavy atom. The lowest BCUT2D eigenvalue weighted by atomic mass is 9.99. The van der Waals surface area contributed by atoms with Crippen LogP contribution in [0, 0.1) is 17.6 Å². The highest BCUT2D eigenvalue weighted by Crippen LogP contribution is 2.39. The number of H-pyrrole nitrogens is 1. The lowest BCUT2D eigenvalue weighted by molar-refractivity contribution is -0.138. The van der Waals surface area contributed by atoms with Gasteiger partial charge in [-0.15, -0.1) is 0 Å². The number of hydrogen-bond acceptors (Lipinski definition) is 7. The Bertz CT molecular complexity index is 2230. The number of aromatic nitrogens is 3. The minimum atomic E-state index is -1.35. The summed E-state index contributed by atoms with van der Waals surface area (Å²) in [6.07, 6.45) is -0.728. The number of fused-ring (bicyclic) bond motifs is 2. The quantitative estimate of drug-likeness (QED) is 0.114. The Morgan fingerprint density at radius 1 is 0.847 bits per heavy atom. The molecule has 8 atom stereocenters. The van der Waals surface area contributed by atoms with Crippen molar-refractivity contribution in [1.82, 2.24) is 45.6 Å². The molecule has 3 aliphatic rings. The van der Waals surface area contributed by atoms with Crippen LogP contribution in [0.3, 0.4) is 0 Å². The van der Waals surface area contributed by atoms with E-state index in [2.05, 4.69) is 26.3 Å². The lowest BCUT2D eigenvalue weighted by Crippen LogP contribution is -2.54. The predicted octanol–water partition coefficient (Wildman–Crippen LogP) is 3.89. The number of nitrogens with one attached hydrogen (secondary N) is 5. The highest BCUT2D eigenvalue weighted by Gasteiger charge is 2.45. The summed E-state index contributed by atoms with van der Waals surface area (Å²) < 4.78 is 62.1. The Morgan fingerprint density at radius 3 is 2.10 bits per heavy atom. The number of likely N-dealkylation sites (tertiary alicyclic amines) is 2. The first-order valence-corrected chi connectivity index (χ1v) is 20.5. The third-order valence-electron chi connectivity index (χ3n) is 12.3. The molecule has 4 aromatic rings. The van der Waals surface area contributed by atoms with Crippen molar-refractivity contribution < 1.29 is 36.7 Å². The van der Waals surface area contributed by atoms with Crippen molar-refractivity contribution >= 4 is 45.6 Å². The zero-order chi connectivity index (χ0) is 42.3. The summed E-state index contributed by atoms with van der Waals surface area (Å²) in [7, 11) is 3.28. The van der Waals surface area contributed by atoms with Gasteiger partial charge in [0.1, 0.15) is 36.1 Å². The van der Waals surface area contributed by atoms with E-state index in [4.69, 9.17) is 4.98 Å². The molecule has 0 spiro atoms. The van der Waals surface area contributed by atoms with Crippen molar-refractivity contribution in [3.63, 3.8) is 0 Å². The number of nitrogens with zero attached hydrogens (tertiary/aromatic N) is 4.